The van der Waals surface area contributed by atoms with Crippen molar-refractivity contribution in [2.24, 2.45) is 7.05 Å². The van der Waals surface area contributed by atoms with Crippen molar-refractivity contribution in [1.29, 1.82) is 5.26 Å². The van der Waals surface area contributed by atoms with Crippen LogP contribution in [0, 0.1) is 11.3 Å². The molecule has 1 atom stereocenters. The van der Waals surface area contributed by atoms with Gasteiger partial charge in [-0.05, 0) is 29.8 Å². The van der Waals surface area contributed by atoms with Crippen molar-refractivity contribution in [1.82, 2.24) is 14.3 Å². The Morgan fingerprint density at radius 1 is 1.07 bits per heavy atom. The summed E-state index contributed by atoms with van der Waals surface area (Å²) in [6.07, 6.45) is 1.02. The van der Waals surface area contributed by atoms with E-state index in [-0.39, 0.29) is 15.7 Å². The van der Waals surface area contributed by atoms with Crippen LogP contribution in [0.4, 0.5) is 0 Å². The summed E-state index contributed by atoms with van der Waals surface area (Å²) in [5, 5.41) is 14.4. The molecule has 0 radical (unpaired) electrons. The Kier molecular flexibility index (Phi) is 5.38. The predicted octanol–water partition coefficient (Wildman–Crippen LogP) is 3.55. The van der Waals surface area contributed by atoms with Crippen molar-refractivity contribution >= 4 is 34.8 Å². The van der Waals surface area contributed by atoms with Gasteiger partial charge in [-0.15, -0.1) is 0 Å². The summed E-state index contributed by atoms with van der Waals surface area (Å²) in [5.41, 5.74) is 0.192. The van der Waals surface area contributed by atoms with Gasteiger partial charge in [0, 0.05) is 27.7 Å². The molecule has 1 unspecified atom stereocenters. The van der Waals surface area contributed by atoms with Crippen LogP contribution in [-0.2, 0) is 7.05 Å². The van der Waals surface area contributed by atoms with Crippen molar-refractivity contribution < 1.29 is 0 Å². The van der Waals surface area contributed by atoms with Gasteiger partial charge in [-0.1, -0.05) is 46.9 Å². The summed E-state index contributed by atoms with van der Waals surface area (Å²) in [4.78, 5) is 23.8. The van der Waals surface area contributed by atoms with E-state index in [1.165, 1.54) is 19.2 Å². The van der Waals surface area contributed by atoms with E-state index in [1.807, 2.05) is 0 Å². The molecule has 0 aliphatic carbocycles. The fourth-order valence-electron chi connectivity index (χ4n) is 2.59. The van der Waals surface area contributed by atoms with Gasteiger partial charge in [0.05, 0.1) is 17.7 Å². The normalized spacial score (nSPS) is 11.8. The second-order valence-electron chi connectivity index (χ2n) is 5.67. The molecule has 0 fully saturated rings. The van der Waals surface area contributed by atoms with Gasteiger partial charge in [0.1, 0.15) is 6.20 Å². The van der Waals surface area contributed by atoms with Gasteiger partial charge in [-0.25, -0.2) is 4.79 Å². The average Bonchev–Trinajstić information content (AvgIpc) is 2.63. The van der Waals surface area contributed by atoms with Crippen LogP contribution >= 0.6 is 34.8 Å². The van der Waals surface area contributed by atoms with Crippen LogP contribution in [0.1, 0.15) is 17.0 Å². The lowest BCUT2D eigenvalue weighted by molar-refractivity contribution is 0.654. The molecule has 0 bridgehead atoms. The lowest BCUT2D eigenvalue weighted by Crippen LogP contribution is -2.38. The first kappa shape index (κ1) is 19.2. The molecule has 9 heteroatoms. The second kappa shape index (κ2) is 7.57. The Labute approximate surface area is 168 Å². The zero-order chi connectivity index (χ0) is 19.7. The average molecular weight is 422 g/mol. The third-order valence-electron chi connectivity index (χ3n) is 4.01. The van der Waals surface area contributed by atoms with Crippen molar-refractivity contribution in [3.63, 3.8) is 0 Å². The van der Waals surface area contributed by atoms with E-state index in [1.54, 1.807) is 24.3 Å². The second-order valence-corrected chi connectivity index (χ2v) is 6.92. The van der Waals surface area contributed by atoms with Crippen molar-refractivity contribution in [2.75, 3.05) is 0 Å². The van der Waals surface area contributed by atoms with Crippen LogP contribution in [-0.4, -0.2) is 14.3 Å². The highest BCUT2D eigenvalue weighted by molar-refractivity contribution is 6.36. The highest BCUT2D eigenvalue weighted by atomic mass is 35.5. The predicted molar refractivity (Wildman–Crippen MR) is 104 cm³/mol. The number of rotatable bonds is 3. The third kappa shape index (κ3) is 3.62. The lowest BCUT2D eigenvalue weighted by atomic mass is 9.92. The highest BCUT2D eigenvalue weighted by Gasteiger charge is 2.22. The van der Waals surface area contributed by atoms with Gasteiger partial charge >= 0.3 is 5.69 Å². The first-order valence-corrected chi connectivity index (χ1v) is 8.76. The SMILES string of the molecule is Cn1c(=O)cnn(-c2cc(Cl)c(C(C#N)c3ccc(Cl)cc3)c(Cl)c2)c1=O. The monoisotopic (exact) mass is 420 g/mol. The fourth-order valence-corrected chi connectivity index (χ4v) is 3.41. The Hall–Kier alpha value is -2.59. The number of hydrogen-bond donors (Lipinski definition) is 0. The molecule has 0 aliphatic rings. The minimum atomic E-state index is -0.721. The van der Waals surface area contributed by atoms with Crippen LogP contribution in [0.25, 0.3) is 5.69 Å². The van der Waals surface area contributed by atoms with Crippen LogP contribution < -0.4 is 11.2 Å². The lowest BCUT2D eigenvalue weighted by Gasteiger charge is -2.16. The molecule has 2 aromatic carbocycles. The molecule has 0 spiro atoms. The molecule has 6 nitrogen and oxygen atoms in total. The van der Waals surface area contributed by atoms with E-state index in [2.05, 4.69) is 11.2 Å². The van der Waals surface area contributed by atoms with Gasteiger partial charge in [0.15, 0.2) is 0 Å². The zero-order valence-electron chi connectivity index (χ0n) is 13.9. The standard InChI is InChI=1S/C18H11Cl3N4O2/c1-24-16(26)9-23-25(18(24)27)12-6-14(20)17(15(21)7-12)13(8-22)10-2-4-11(19)5-3-10/h2-7,9,13H,1H3. The molecule has 1 heterocycles. The number of halogens is 3. The summed E-state index contributed by atoms with van der Waals surface area (Å²) in [7, 11) is 1.34. The summed E-state index contributed by atoms with van der Waals surface area (Å²) >= 11 is 18.7. The first-order valence-electron chi connectivity index (χ1n) is 7.63. The molecule has 0 saturated carbocycles. The van der Waals surface area contributed by atoms with E-state index in [4.69, 9.17) is 34.8 Å². The molecule has 3 aromatic rings. The van der Waals surface area contributed by atoms with Crippen LogP contribution in [0.2, 0.25) is 15.1 Å². The Morgan fingerprint density at radius 2 is 1.67 bits per heavy atom. The van der Waals surface area contributed by atoms with E-state index < -0.39 is 17.2 Å². The van der Waals surface area contributed by atoms with Gasteiger partial charge in [0.25, 0.3) is 5.56 Å². The maximum Gasteiger partial charge on any atom is 0.351 e. The van der Waals surface area contributed by atoms with Crippen LogP contribution in [0.5, 0.6) is 0 Å². The molecule has 3 rings (SSSR count). The van der Waals surface area contributed by atoms with Gasteiger partial charge < -0.3 is 0 Å². The molecule has 0 amide bonds. The van der Waals surface area contributed by atoms with Crippen molar-refractivity contribution in [3.8, 4) is 11.8 Å². The maximum atomic E-state index is 12.3. The third-order valence-corrected chi connectivity index (χ3v) is 4.89. The van der Waals surface area contributed by atoms with E-state index in [9.17, 15) is 14.9 Å². The number of benzene rings is 2. The Balaban J connectivity index is 2.15. The quantitative estimate of drug-likeness (QED) is 0.648. The number of aromatic nitrogens is 3. The molecular weight excluding hydrogens is 411 g/mol. The minimum Gasteiger partial charge on any atom is -0.267 e. The molecule has 136 valence electrons. The summed E-state index contributed by atoms with van der Waals surface area (Å²) in [5.74, 6) is -0.721. The largest absolute Gasteiger partial charge is 0.351 e. The molecular formula is C18H11Cl3N4O2. The number of nitriles is 1. The number of hydrogen-bond acceptors (Lipinski definition) is 4. The molecule has 0 N–H and O–H groups in total. The molecule has 1 aromatic heterocycles. The van der Waals surface area contributed by atoms with Crippen LogP contribution in [0.15, 0.2) is 52.2 Å². The Bertz CT molecular complexity index is 1150. The molecule has 0 saturated heterocycles. The Morgan fingerprint density at radius 3 is 2.22 bits per heavy atom. The minimum absolute atomic E-state index is 0.196. The topological polar surface area (TPSA) is 80.7 Å². The molecule has 27 heavy (non-hydrogen) atoms. The highest BCUT2D eigenvalue weighted by Crippen LogP contribution is 2.37. The summed E-state index contributed by atoms with van der Waals surface area (Å²) in [6, 6.07) is 11.9. The van der Waals surface area contributed by atoms with Gasteiger partial charge in [-0.2, -0.15) is 15.0 Å². The molecule has 0 aliphatic heterocycles. The maximum absolute atomic E-state index is 12.3. The van der Waals surface area contributed by atoms with Gasteiger partial charge in [-0.3, -0.25) is 9.36 Å². The summed E-state index contributed by atoms with van der Waals surface area (Å²) in [6.45, 7) is 0. The summed E-state index contributed by atoms with van der Waals surface area (Å²) < 4.78 is 1.92. The van der Waals surface area contributed by atoms with Crippen LogP contribution in [0.3, 0.4) is 0 Å². The fraction of sp³-hybridized carbons (Fsp3) is 0.111. The zero-order valence-corrected chi connectivity index (χ0v) is 16.1. The number of nitrogens with zero attached hydrogens (tertiary/aromatic N) is 4. The van der Waals surface area contributed by atoms with E-state index in [0.717, 1.165) is 15.4 Å². The van der Waals surface area contributed by atoms with Crippen molar-refractivity contribution in [3.05, 3.63) is 89.6 Å². The first-order chi connectivity index (χ1) is 12.8. The van der Waals surface area contributed by atoms with E-state index >= 15 is 0 Å². The van der Waals surface area contributed by atoms with Crippen molar-refractivity contribution in [2.45, 2.75) is 5.92 Å². The van der Waals surface area contributed by atoms with Gasteiger partial charge in [0.2, 0.25) is 0 Å². The van der Waals surface area contributed by atoms with E-state index in [0.29, 0.717) is 16.1 Å². The smallest absolute Gasteiger partial charge is 0.267 e.